The number of carbonyl (C=O) groups is 1. The maximum absolute atomic E-state index is 12.2. The average molecular weight is 279 g/mol. The molecule has 1 saturated carbocycles. The van der Waals surface area contributed by atoms with Crippen molar-refractivity contribution in [1.29, 1.82) is 0 Å². The maximum atomic E-state index is 12.2. The summed E-state index contributed by atoms with van der Waals surface area (Å²) in [5.74, 6) is 0.412. The van der Waals surface area contributed by atoms with E-state index in [1.807, 2.05) is 30.5 Å². The molecule has 1 fully saturated rings. The van der Waals surface area contributed by atoms with Crippen LogP contribution in [0.3, 0.4) is 0 Å². The van der Waals surface area contributed by atoms with Crippen LogP contribution in [0.15, 0.2) is 29.2 Å². The maximum Gasteiger partial charge on any atom is 0.251 e. The summed E-state index contributed by atoms with van der Waals surface area (Å²) in [6.45, 7) is 2.08. The molecule has 104 valence electrons. The zero-order valence-corrected chi connectivity index (χ0v) is 12.2. The average Bonchev–Trinajstić information content (AvgIpc) is 2.41. The van der Waals surface area contributed by atoms with Crippen molar-refractivity contribution in [3.8, 4) is 0 Å². The van der Waals surface area contributed by atoms with Crippen molar-refractivity contribution in [1.82, 2.24) is 5.32 Å². The van der Waals surface area contributed by atoms with Crippen molar-refractivity contribution in [2.24, 2.45) is 5.92 Å². The van der Waals surface area contributed by atoms with Gasteiger partial charge in [-0.05, 0) is 55.7 Å². The molecule has 1 atom stereocenters. The largest absolute Gasteiger partial charge is 0.393 e. The highest BCUT2D eigenvalue weighted by atomic mass is 32.2. The van der Waals surface area contributed by atoms with Gasteiger partial charge >= 0.3 is 0 Å². The van der Waals surface area contributed by atoms with Gasteiger partial charge in [-0.1, -0.05) is 6.92 Å². The first-order valence-electron chi connectivity index (χ1n) is 6.77. The van der Waals surface area contributed by atoms with Crippen LogP contribution in [-0.4, -0.2) is 29.4 Å². The summed E-state index contributed by atoms with van der Waals surface area (Å²) >= 11 is 1.67. The van der Waals surface area contributed by atoms with E-state index < -0.39 is 0 Å². The summed E-state index contributed by atoms with van der Waals surface area (Å²) in [7, 11) is 0. The van der Waals surface area contributed by atoms with E-state index in [0.29, 0.717) is 11.5 Å². The Morgan fingerprint density at radius 3 is 2.53 bits per heavy atom. The Kier molecular flexibility index (Phi) is 4.88. The fourth-order valence-electron chi connectivity index (χ4n) is 2.51. The van der Waals surface area contributed by atoms with E-state index in [1.54, 1.807) is 11.8 Å². The molecule has 0 heterocycles. The summed E-state index contributed by atoms with van der Waals surface area (Å²) in [6, 6.07) is 7.84. The lowest BCUT2D eigenvalue weighted by atomic mass is 9.76. The first-order chi connectivity index (χ1) is 9.13. The Hall–Kier alpha value is -1.00. The summed E-state index contributed by atoms with van der Waals surface area (Å²) in [5.41, 5.74) is 0.705. The quantitative estimate of drug-likeness (QED) is 0.815. The second-order valence-electron chi connectivity index (χ2n) is 5.10. The van der Waals surface area contributed by atoms with Crippen molar-refractivity contribution in [3.05, 3.63) is 29.8 Å². The van der Waals surface area contributed by atoms with E-state index in [1.165, 1.54) is 0 Å². The smallest absolute Gasteiger partial charge is 0.251 e. The molecule has 0 saturated heterocycles. The van der Waals surface area contributed by atoms with Gasteiger partial charge in [0.25, 0.3) is 5.91 Å². The number of hydrogen-bond donors (Lipinski definition) is 2. The van der Waals surface area contributed by atoms with Crippen molar-refractivity contribution < 1.29 is 9.90 Å². The monoisotopic (exact) mass is 279 g/mol. The number of nitrogens with one attached hydrogen (secondary N) is 1. The third-order valence-electron chi connectivity index (χ3n) is 3.83. The highest BCUT2D eigenvalue weighted by Gasteiger charge is 2.33. The second-order valence-corrected chi connectivity index (χ2v) is 5.98. The Morgan fingerprint density at radius 1 is 1.42 bits per heavy atom. The molecule has 0 spiro atoms. The zero-order chi connectivity index (χ0) is 13.8. The molecule has 2 N–H and O–H groups in total. The summed E-state index contributed by atoms with van der Waals surface area (Å²) in [5, 5.41) is 12.4. The van der Waals surface area contributed by atoms with Gasteiger partial charge in [-0.3, -0.25) is 4.79 Å². The van der Waals surface area contributed by atoms with Gasteiger partial charge in [-0.25, -0.2) is 0 Å². The molecule has 1 aromatic rings. The molecule has 0 bridgehead atoms. The standard InChI is InChI=1S/C15H21NO2S/c1-3-14(11-8-12(17)9-11)16-15(18)10-4-6-13(19-2)7-5-10/h4-7,11-12,14,17H,3,8-9H2,1-2H3,(H,16,18). The van der Waals surface area contributed by atoms with Crippen LogP contribution in [-0.2, 0) is 0 Å². The molecule has 0 aliphatic heterocycles. The molecule has 1 amide bonds. The van der Waals surface area contributed by atoms with E-state index >= 15 is 0 Å². The van der Waals surface area contributed by atoms with Crippen molar-refractivity contribution in [2.75, 3.05) is 6.26 Å². The Bertz CT molecular complexity index is 426. The minimum atomic E-state index is -0.170. The third-order valence-corrected chi connectivity index (χ3v) is 4.57. The first kappa shape index (κ1) is 14.4. The van der Waals surface area contributed by atoms with E-state index in [2.05, 4.69) is 12.2 Å². The summed E-state index contributed by atoms with van der Waals surface area (Å²) < 4.78 is 0. The topological polar surface area (TPSA) is 49.3 Å². The predicted octanol–water partition coefficient (Wildman–Crippen LogP) is 2.69. The Morgan fingerprint density at radius 2 is 2.05 bits per heavy atom. The van der Waals surface area contributed by atoms with E-state index in [9.17, 15) is 9.90 Å². The molecule has 0 aromatic heterocycles. The van der Waals surface area contributed by atoms with E-state index in [4.69, 9.17) is 0 Å². The molecule has 19 heavy (non-hydrogen) atoms. The summed E-state index contributed by atoms with van der Waals surface area (Å²) in [6.07, 6.45) is 4.38. The number of rotatable bonds is 5. The number of thioether (sulfide) groups is 1. The second kappa shape index (κ2) is 6.44. The Labute approximate surface area is 118 Å². The van der Waals surface area contributed by atoms with Crippen molar-refractivity contribution >= 4 is 17.7 Å². The highest BCUT2D eigenvalue weighted by Crippen LogP contribution is 2.31. The molecular weight excluding hydrogens is 258 g/mol. The fraction of sp³-hybridized carbons (Fsp3) is 0.533. The van der Waals surface area contributed by atoms with E-state index in [0.717, 1.165) is 24.2 Å². The van der Waals surface area contributed by atoms with Crippen LogP contribution in [0.5, 0.6) is 0 Å². The third kappa shape index (κ3) is 3.51. The van der Waals surface area contributed by atoms with Gasteiger partial charge in [-0.2, -0.15) is 0 Å². The molecule has 4 heteroatoms. The number of carbonyl (C=O) groups excluding carboxylic acids is 1. The van der Waals surface area contributed by atoms with Crippen LogP contribution in [0.2, 0.25) is 0 Å². The molecule has 1 aromatic carbocycles. The van der Waals surface area contributed by atoms with Crippen LogP contribution in [0, 0.1) is 5.92 Å². The summed E-state index contributed by atoms with van der Waals surface area (Å²) in [4.78, 5) is 13.3. The number of benzene rings is 1. The molecule has 1 aliphatic rings. The Balaban J connectivity index is 1.94. The van der Waals surface area contributed by atoms with Gasteiger partial charge < -0.3 is 10.4 Å². The molecular formula is C15H21NO2S. The SMILES string of the molecule is CCC(NC(=O)c1ccc(SC)cc1)C1CC(O)C1. The number of aliphatic hydroxyl groups is 1. The number of hydrogen-bond acceptors (Lipinski definition) is 3. The van der Waals surface area contributed by atoms with Crippen molar-refractivity contribution in [3.63, 3.8) is 0 Å². The lowest BCUT2D eigenvalue weighted by Gasteiger charge is -2.37. The number of aliphatic hydroxyl groups excluding tert-OH is 1. The molecule has 2 rings (SSSR count). The normalized spacial score (nSPS) is 23.5. The molecule has 1 aliphatic carbocycles. The lowest BCUT2D eigenvalue weighted by Crippen LogP contribution is -2.46. The number of amides is 1. The molecule has 3 nitrogen and oxygen atoms in total. The molecule has 1 unspecified atom stereocenters. The fourth-order valence-corrected chi connectivity index (χ4v) is 2.91. The van der Waals surface area contributed by atoms with Gasteiger partial charge in [0.05, 0.1) is 6.10 Å². The highest BCUT2D eigenvalue weighted by molar-refractivity contribution is 7.98. The molecule has 0 radical (unpaired) electrons. The van der Waals surface area contributed by atoms with E-state index in [-0.39, 0.29) is 18.1 Å². The first-order valence-corrected chi connectivity index (χ1v) is 7.99. The minimum absolute atomic E-state index is 0.0131. The van der Waals surface area contributed by atoms with Gasteiger partial charge in [-0.15, -0.1) is 11.8 Å². The predicted molar refractivity (Wildman–Crippen MR) is 78.5 cm³/mol. The van der Waals surface area contributed by atoms with Crippen LogP contribution in [0.4, 0.5) is 0 Å². The van der Waals surface area contributed by atoms with Gasteiger partial charge in [0, 0.05) is 16.5 Å². The van der Waals surface area contributed by atoms with Crippen LogP contribution >= 0.6 is 11.8 Å². The van der Waals surface area contributed by atoms with Gasteiger partial charge in [0.15, 0.2) is 0 Å². The van der Waals surface area contributed by atoms with Gasteiger partial charge in [0.2, 0.25) is 0 Å². The van der Waals surface area contributed by atoms with Gasteiger partial charge in [0.1, 0.15) is 0 Å². The lowest BCUT2D eigenvalue weighted by molar-refractivity contribution is 0.0232. The van der Waals surface area contributed by atoms with Crippen molar-refractivity contribution in [2.45, 2.75) is 43.2 Å². The minimum Gasteiger partial charge on any atom is -0.393 e. The van der Waals surface area contributed by atoms with Crippen LogP contribution in [0.25, 0.3) is 0 Å². The van der Waals surface area contributed by atoms with Crippen LogP contribution in [0.1, 0.15) is 36.5 Å². The van der Waals surface area contributed by atoms with Crippen LogP contribution < -0.4 is 5.32 Å². The zero-order valence-electron chi connectivity index (χ0n) is 11.4.